The molecule has 1 saturated heterocycles. The number of carbonyl (C=O) groups is 2. The Kier molecular flexibility index (Phi) is 5.33. The maximum absolute atomic E-state index is 12.2. The second-order valence-electron chi connectivity index (χ2n) is 5.47. The number of nitrogens with one attached hydrogen (secondary N) is 2. The van der Waals surface area contributed by atoms with E-state index in [0.717, 1.165) is 37.2 Å². The molecule has 1 atom stereocenters. The van der Waals surface area contributed by atoms with Crippen LogP contribution in [-0.4, -0.2) is 35.8 Å². The molecule has 1 aromatic carbocycles. The van der Waals surface area contributed by atoms with Gasteiger partial charge in [-0.2, -0.15) is 0 Å². The molecule has 5 heteroatoms. The Morgan fingerprint density at radius 1 is 1.24 bits per heavy atom. The van der Waals surface area contributed by atoms with Gasteiger partial charge in [-0.1, -0.05) is 18.2 Å². The van der Waals surface area contributed by atoms with Crippen LogP contribution >= 0.6 is 0 Å². The molecule has 0 radical (unpaired) electrons. The van der Waals surface area contributed by atoms with Crippen LogP contribution in [0.3, 0.4) is 0 Å². The molecule has 0 spiro atoms. The van der Waals surface area contributed by atoms with E-state index in [2.05, 4.69) is 10.6 Å². The van der Waals surface area contributed by atoms with Crippen molar-refractivity contribution in [3.63, 3.8) is 0 Å². The van der Waals surface area contributed by atoms with Gasteiger partial charge < -0.3 is 15.5 Å². The van der Waals surface area contributed by atoms with Crippen LogP contribution in [0.2, 0.25) is 0 Å². The highest BCUT2D eigenvalue weighted by atomic mass is 16.2. The molecule has 5 nitrogen and oxygen atoms in total. The molecule has 0 aliphatic carbocycles. The summed E-state index contributed by atoms with van der Waals surface area (Å²) in [5, 5.41) is 6.05. The van der Waals surface area contributed by atoms with Crippen molar-refractivity contribution in [2.45, 2.75) is 39.3 Å². The van der Waals surface area contributed by atoms with E-state index in [1.807, 2.05) is 36.1 Å². The van der Waals surface area contributed by atoms with Crippen LogP contribution in [0.5, 0.6) is 0 Å². The highest BCUT2D eigenvalue weighted by Gasteiger charge is 2.22. The van der Waals surface area contributed by atoms with Gasteiger partial charge in [0, 0.05) is 32.2 Å². The lowest BCUT2D eigenvalue weighted by molar-refractivity contribution is -0.132. The van der Waals surface area contributed by atoms with Crippen molar-refractivity contribution in [2.75, 3.05) is 18.4 Å². The van der Waals surface area contributed by atoms with E-state index in [1.165, 1.54) is 6.92 Å². The topological polar surface area (TPSA) is 61.4 Å². The van der Waals surface area contributed by atoms with Gasteiger partial charge in [-0.05, 0) is 31.4 Å². The van der Waals surface area contributed by atoms with Gasteiger partial charge in [0.2, 0.25) is 11.8 Å². The van der Waals surface area contributed by atoms with Crippen molar-refractivity contribution < 1.29 is 9.59 Å². The van der Waals surface area contributed by atoms with Crippen molar-refractivity contribution >= 4 is 17.5 Å². The molecule has 1 unspecified atom stereocenters. The van der Waals surface area contributed by atoms with E-state index in [-0.39, 0.29) is 17.9 Å². The Morgan fingerprint density at radius 2 is 1.90 bits per heavy atom. The lowest BCUT2D eigenvalue weighted by atomic mass is 10.1. The first-order valence-corrected chi connectivity index (χ1v) is 7.45. The van der Waals surface area contributed by atoms with Gasteiger partial charge in [0.15, 0.2) is 0 Å². The third kappa shape index (κ3) is 4.29. The number of amides is 2. The van der Waals surface area contributed by atoms with E-state index < -0.39 is 0 Å². The maximum Gasteiger partial charge on any atom is 0.239 e. The van der Waals surface area contributed by atoms with Gasteiger partial charge in [0.1, 0.15) is 0 Å². The van der Waals surface area contributed by atoms with E-state index in [4.69, 9.17) is 0 Å². The summed E-state index contributed by atoms with van der Waals surface area (Å²) >= 11 is 0. The molecule has 2 rings (SSSR count). The number of anilines is 1. The van der Waals surface area contributed by atoms with Gasteiger partial charge in [0.25, 0.3) is 0 Å². The quantitative estimate of drug-likeness (QED) is 0.868. The number of hydrogen-bond donors (Lipinski definition) is 2. The summed E-state index contributed by atoms with van der Waals surface area (Å²) in [4.78, 5) is 25.3. The minimum atomic E-state index is -0.214. The van der Waals surface area contributed by atoms with Gasteiger partial charge >= 0.3 is 0 Å². The molecule has 0 bridgehead atoms. The van der Waals surface area contributed by atoms with Crippen molar-refractivity contribution in [3.05, 3.63) is 29.8 Å². The fourth-order valence-corrected chi connectivity index (χ4v) is 2.55. The van der Waals surface area contributed by atoms with Gasteiger partial charge in [0.05, 0.1) is 6.04 Å². The normalized spacial score (nSPS) is 15.8. The summed E-state index contributed by atoms with van der Waals surface area (Å²) in [6.07, 6.45) is 2.20. The Hall–Kier alpha value is -1.88. The molecule has 0 aromatic heterocycles. The predicted molar refractivity (Wildman–Crippen MR) is 82.9 cm³/mol. The first-order valence-electron chi connectivity index (χ1n) is 7.45. The van der Waals surface area contributed by atoms with Crippen LogP contribution in [0.1, 0.15) is 32.3 Å². The average molecular weight is 289 g/mol. The predicted octanol–water partition coefficient (Wildman–Crippen LogP) is 1.75. The molecule has 2 amide bonds. The number of likely N-dealkylation sites (tertiary alicyclic amines) is 1. The first-order chi connectivity index (χ1) is 10.1. The summed E-state index contributed by atoms with van der Waals surface area (Å²) < 4.78 is 0. The van der Waals surface area contributed by atoms with E-state index in [1.54, 1.807) is 0 Å². The molecule has 1 fully saturated rings. The fourth-order valence-electron chi connectivity index (χ4n) is 2.55. The molecule has 1 aromatic rings. The summed E-state index contributed by atoms with van der Waals surface area (Å²) in [6, 6.07) is 7.41. The fraction of sp³-hybridized carbons (Fsp3) is 0.500. The second kappa shape index (κ2) is 7.22. The summed E-state index contributed by atoms with van der Waals surface area (Å²) in [7, 11) is 0. The third-order valence-corrected chi connectivity index (χ3v) is 3.71. The monoisotopic (exact) mass is 289 g/mol. The number of hydrogen-bond acceptors (Lipinski definition) is 3. The zero-order valence-corrected chi connectivity index (χ0v) is 12.7. The SMILES string of the molecule is CC(=O)Nc1ccccc1CNC(C)C(=O)N1CCCC1. The van der Waals surface area contributed by atoms with Gasteiger partial charge in [-0.15, -0.1) is 0 Å². The molecular formula is C16H23N3O2. The molecule has 1 aliphatic rings. The van der Waals surface area contributed by atoms with Crippen LogP contribution in [0.4, 0.5) is 5.69 Å². The lowest BCUT2D eigenvalue weighted by Gasteiger charge is -2.21. The lowest BCUT2D eigenvalue weighted by Crippen LogP contribution is -2.43. The molecule has 0 saturated carbocycles. The Bertz CT molecular complexity index is 510. The number of benzene rings is 1. The Balaban J connectivity index is 1.92. The van der Waals surface area contributed by atoms with E-state index in [0.29, 0.717) is 6.54 Å². The largest absolute Gasteiger partial charge is 0.341 e. The van der Waals surface area contributed by atoms with Crippen LogP contribution in [-0.2, 0) is 16.1 Å². The van der Waals surface area contributed by atoms with Crippen LogP contribution in [0.15, 0.2) is 24.3 Å². The van der Waals surface area contributed by atoms with Gasteiger partial charge in [-0.25, -0.2) is 0 Å². The summed E-state index contributed by atoms with van der Waals surface area (Å²) in [5.41, 5.74) is 1.77. The third-order valence-electron chi connectivity index (χ3n) is 3.71. The minimum Gasteiger partial charge on any atom is -0.341 e. The molecule has 114 valence electrons. The number of carbonyl (C=O) groups excluding carboxylic acids is 2. The highest BCUT2D eigenvalue weighted by molar-refractivity contribution is 5.89. The number of para-hydroxylation sites is 1. The Labute approximate surface area is 125 Å². The second-order valence-corrected chi connectivity index (χ2v) is 5.47. The van der Waals surface area contributed by atoms with E-state index in [9.17, 15) is 9.59 Å². The molecule has 2 N–H and O–H groups in total. The average Bonchev–Trinajstić information content (AvgIpc) is 2.98. The van der Waals surface area contributed by atoms with Crippen molar-refractivity contribution in [1.29, 1.82) is 0 Å². The standard InChI is InChI=1S/C16H23N3O2/c1-12(16(21)19-9-5-6-10-19)17-11-14-7-3-4-8-15(14)18-13(2)20/h3-4,7-8,12,17H,5-6,9-11H2,1-2H3,(H,18,20). The summed E-state index contributed by atoms with van der Waals surface area (Å²) in [6.45, 7) is 5.67. The van der Waals surface area contributed by atoms with Crippen LogP contribution in [0, 0.1) is 0 Å². The zero-order valence-electron chi connectivity index (χ0n) is 12.7. The molecular weight excluding hydrogens is 266 g/mol. The van der Waals surface area contributed by atoms with Crippen molar-refractivity contribution in [1.82, 2.24) is 10.2 Å². The van der Waals surface area contributed by atoms with Crippen molar-refractivity contribution in [2.24, 2.45) is 0 Å². The molecule has 1 heterocycles. The van der Waals surface area contributed by atoms with Crippen molar-refractivity contribution in [3.8, 4) is 0 Å². The molecule has 1 aliphatic heterocycles. The van der Waals surface area contributed by atoms with Crippen LogP contribution < -0.4 is 10.6 Å². The zero-order chi connectivity index (χ0) is 15.2. The Morgan fingerprint density at radius 3 is 2.57 bits per heavy atom. The van der Waals surface area contributed by atoms with Gasteiger partial charge in [-0.3, -0.25) is 9.59 Å². The summed E-state index contributed by atoms with van der Waals surface area (Å²) in [5.74, 6) is 0.0631. The maximum atomic E-state index is 12.2. The number of rotatable bonds is 5. The van der Waals surface area contributed by atoms with E-state index >= 15 is 0 Å². The molecule has 21 heavy (non-hydrogen) atoms. The highest BCUT2D eigenvalue weighted by Crippen LogP contribution is 2.15. The smallest absolute Gasteiger partial charge is 0.239 e. The van der Waals surface area contributed by atoms with Crippen LogP contribution in [0.25, 0.3) is 0 Å². The first kappa shape index (κ1) is 15.5. The number of nitrogens with zero attached hydrogens (tertiary/aromatic N) is 1. The minimum absolute atomic E-state index is 0.0939.